The van der Waals surface area contributed by atoms with Crippen LogP contribution in [0.15, 0.2) is 28.7 Å². The molecule has 2 N–H and O–H groups in total. The van der Waals surface area contributed by atoms with Gasteiger partial charge in [-0.25, -0.2) is 0 Å². The first-order valence-corrected chi connectivity index (χ1v) is 6.51. The summed E-state index contributed by atoms with van der Waals surface area (Å²) in [6.45, 7) is 2.17. The van der Waals surface area contributed by atoms with E-state index in [4.69, 9.17) is 0 Å². The number of halogens is 1. The van der Waals surface area contributed by atoms with Gasteiger partial charge in [-0.15, -0.1) is 0 Å². The molecule has 0 saturated carbocycles. The van der Waals surface area contributed by atoms with Crippen molar-refractivity contribution in [2.24, 2.45) is 0 Å². The van der Waals surface area contributed by atoms with E-state index in [9.17, 15) is 4.79 Å². The predicted octanol–water partition coefficient (Wildman–Crippen LogP) is 2.86. The van der Waals surface area contributed by atoms with Crippen LogP contribution < -0.4 is 5.32 Å². The number of rotatable bonds is 4. The maximum absolute atomic E-state index is 10.7. The Bertz CT molecular complexity index is 589. The van der Waals surface area contributed by atoms with Crippen molar-refractivity contribution in [2.45, 2.75) is 13.3 Å². The van der Waals surface area contributed by atoms with Crippen LogP contribution in [0.4, 0.5) is 0 Å². The number of hydrogen-bond acceptors (Lipinski definition) is 2. The Morgan fingerprint density at radius 2 is 2.39 bits per heavy atom. The van der Waals surface area contributed by atoms with Gasteiger partial charge in [0.2, 0.25) is 5.91 Å². The molecule has 0 aliphatic rings. The zero-order valence-electron chi connectivity index (χ0n) is 10.0. The van der Waals surface area contributed by atoms with Crippen molar-refractivity contribution in [3.63, 3.8) is 0 Å². The summed E-state index contributed by atoms with van der Waals surface area (Å²) in [5.41, 5.74) is 1.92. The highest BCUT2D eigenvalue weighted by atomic mass is 79.9. The molecule has 0 atom stereocenters. The summed E-state index contributed by atoms with van der Waals surface area (Å²) in [6.07, 6.45) is 4.77. The van der Waals surface area contributed by atoms with Crippen molar-refractivity contribution >= 4 is 38.8 Å². The number of benzene rings is 1. The maximum Gasteiger partial charge on any atom is 0.216 e. The molecule has 18 heavy (non-hydrogen) atoms. The molecule has 0 saturated heterocycles. The molecule has 1 amide bonds. The summed E-state index contributed by atoms with van der Waals surface area (Å²) in [6, 6.07) is 6.01. The Morgan fingerprint density at radius 3 is 3.17 bits per heavy atom. The van der Waals surface area contributed by atoms with Gasteiger partial charge in [-0.2, -0.15) is 5.10 Å². The van der Waals surface area contributed by atoms with Crippen LogP contribution in [-0.4, -0.2) is 22.6 Å². The lowest BCUT2D eigenvalue weighted by atomic mass is 10.2. The van der Waals surface area contributed by atoms with E-state index in [-0.39, 0.29) is 5.91 Å². The molecule has 2 rings (SSSR count). The van der Waals surface area contributed by atoms with Crippen LogP contribution in [0.1, 0.15) is 19.0 Å². The number of carbonyl (C=O) groups is 1. The first-order valence-electron chi connectivity index (χ1n) is 5.71. The topological polar surface area (TPSA) is 57.8 Å². The zero-order valence-corrected chi connectivity index (χ0v) is 11.6. The molecule has 4 nitrogen and oxygen atoms in total. The van der Waals surface area contributed by atoms with Crippen LogP contribution in [0.3, 0.4) is 0 Å². The molecule has 0 radical (unpaired) electrons. The minimum atomic E-state index is -0.00142. The van der Waals surface area contributed by atoms with Gasteiger partial charge in [0.25, 0.3) is 0 Å². The van der Waals surface area contributed by atoms with E-state index >= 15 is 0 Å². The van der Waals surface area contributed by atoms with E-state index in [0.29, 0.717) is 6.54 Å². The molecule has 0 bridgehead atoms. The van der Waals surface area contributed by atoms with Crippen LogP contribution >= 0.6 is 15.9 Å². The molecule has 0 fully saturated rings. The molecule has 0 aliphatic heterocycles. The summed E-state index contributed by atoms with van der Waals surface area (Å²) in [5, 5.41) is 11.1. The van der Waals surface area contributed by atoms with Gasteiger partial charge in [-0.3, -0.25) is 9.89 Å². The highest BCUT2D eigenvalue weighted by Gasteiger charge is 2.02. The minimum absolute atomic E-state index is 0.00142. The number of hydrogen-bond donors (Lipinski definition) is 2. The summed E-state index contributed by atoms with van der Waals surface area (Å²) in [4.78, 5) is 10.7. The molecule has 0 unspecified atom stereocenters. The van der Waals surface area contributed by atoms with Crippen molar-refractivity contribution in [1.82, 2.24) is 15.5 Å². The van der Waals surface area contributed by atoms with Gasteiger partial charge in [-0.1, -0.05) is 22.0 Å². The number of nitrogens with zero attached hydrogens (tertiary/aromatic N) is 1. The van der Waals surface area contributed by atoms with Gasteiger partial charge in [0.05, 0.1) is 11.2 Å². The quantitative estimate of drug-likeness (QED) is 0.853. The van der Waals surface area contributed by atoms with Gasteiger partial charge in [0.1, 0.15) is 0 Å². The minimum Gasteiger partial charge on any atom is -0.356 e. The molecule has 2 aromatic rings. The Morgan fingerprint density at radius 1 is 1.56 bits per heavy atom. The van der Waals surface area contributed by atoms with Crippen LogP contribution in [0, 0.1) is 0 Å². The van der Waals surface area contributed by atoms with E-state index in [2.05, 4.69) is 31.4 Å². The molecular weight excluding hydrogens is 294 g/mol. The molecule has 0 aliphatic carbocycles. The average Bonchev–Trinajstić information content (AvgIpc) is 2.70. The van der Waals surface area contributed by atoms with Crippen molar-refractivity contribution in [1.29, 1.82) is 0 Å². The van der Waals surface area contributed by atoms with Crippen LogP contribution in [0.25, 0.3) is 17.0 Å². The highest BCUT2D eigenvalue weighted by Crippen LogP contribution is 2.21. The number of amides is 1. The molecule has 1 aromatic heterocycles. The highest BCUT2D eigenvalue weighted by molar-refractivity contribution is 9.10. The molecule has 94 valence electrons. The zero-order chi connectivity index (χ0) is 13.0. The third-order valence-corrected chi connectivity index (χ3v) is 3.01. The standard InChI is InChI=1S/C13H14BrN3O/c1-9(18)15-7-3-2-4-12-11-6-5-10(14)8-13(11)17-16-12/h2,4-6,8H,3,7H2,1H3,(H,15,18)(H,16,17). The second kappa shape index (κ2) is 5.82. The number of aromatic nitrogens is 2. The summed E-state index contributed by atoms with van der Waals surface area (Å²) < 4.78 is 1.03. The third kappa shape index (κ3) is 3.20. The number of nitrogens with one attached hydrogen (secondary N) is 2. The lowest BCUT2D eigenvalue weighted by Gasteiger charge is -1.96. The molecule has 1 aromatic carbocycles. The predicted molar refractivity (Wildman–Crippen MR) is 76.1 cm³/mol. The first kappa shape index (κ1) is 12.8. The fraction of sp³-hybridized carbons (Fsp3) is 0.231. The Kier molecular flexibility index (Phi) is 4.15. The van der Waals surface area contributed by atoms with Crippen LogP contribution in [0.5, 0.6) is 0 Å². The fourth-order valence-electron chi connectivity index (χ4n) is 1.67. The normalized spacial score (nSPS) is 11.2. The van der Waals surface area contributed by atoms with E-state index in [1.54, 1.807) is 0 Å². The van der Waals surface area contributed by atoms with Gasteiger partial charge in [-0.05, 0) is 30.7 Å². The lowest BCUT2D eigenvalue weighted by Crippen LogP contribution is -2.20. The molecule has 5 heteroatoms. The van der Waals surface area contributed by atoms with Crippen LogP contribution in [-0.2, 0) is 4.79 Å². The summed E-state index contributed by atoms with van der Waals surface area (Å²) in [5.74, 6) is -0.00142. The van der Waals surface area contributed by atoms with Gasteiger partial charge in [0.15, 0.2) is 0 Å². The second-order valence-corrected chi connectivity index (χ2v) is 4.89. The Labute approximate surface area is 114 Å². The number of H-pyrrole nitrogens is 1. The molecule has 1 heterocycles. The smallest absolute Gasteiger partial charge is 0.216 e. The van der Waals surface area contributed by atoms with Crippen LogP contribution in [0.2, 0.25) is 0 Å². The summed E-state index contributed by atoms with van der Waals surface area (Å²) >= 11 is 3.42. The van der Waals surface area contributed by atoms with E-state index in [1.165, 1.54) is 6.92 Å². The SMILES string of the molecule is CC(=O)NCCC=Cc1n[nH]c2cc(Br)ccc12. The van der Waals surface area contributed by atoms with E-state index in [0.717, 1.165) is 27.5 Å². The number of carbonyl (C=O) groups excluding carboxylic acids is 1. The van der Waals surface area contributed by atoms with Gasteiger partial charge in [0, 0.05) is 23.3 Å². The number of fused-ring (bicyclic) bond motifs is 1. The lowest BCUT2D eigenvalue weighted by molar-refractivity contribution is -0.118. The monoisotopic (exact) mass is 307 g/mol. The Hall–Kier alpha value is -1.62. The maximum atomic E-state index is 10.7. The van der Waals surface area contributed by atoms with Gasteiger partial charge >= 0.3 is 0 Å². The molecular formula is C13H14BrN3O. The van der Waals surface area contributed by atoms with Crippen molar-refractivity contribution in [2.75, 3.05) is 6.54 Å². The second-order valence-electron chi connectivity index (χ2n) is 3.97. The van der Waals surface area contributed by atoms with Crippen molar-refractivity contribution < 1.29 is 4.79 Å². The van der Waals surface area contributed by atoms with Crippen molar-refractivity contribution in [3.8, 4) is 0 Å². The Balaban J connectivity index is 2.03. The number of aromatic amines is 1. The van der Waals surface area contributed by atoms with E-state index < -0.39 is 0 Å². The largest absolute Gasteiger partial charge is 0.356 e. The van der Waals surface area contributed by atoms with Gasteiger partial charge < -0.3 is 5.32 Å². The first-order chi connectivity index (χ1) is 8.66. The third-order valence-electron chi connectivity index (χ3n) is 2.52. The molecule has 0 spiro atoms. The van der Waals surface area contributed by atoms with Crippen molar-refractivity contribution in [3.05, 3.63) is 34.4 Å². The fourth-order valence-corrected chi connectivity index (χ4v) is 2.03. The van der Waals surface area contributed by atoms with E-state index in [1.807, 2.05) is 30.4 Å². The average molecular weight is 308 g/mol. The summed E-state index contributed by atoms with van der Waals surface area (Å²) in [7, 11) is 0.